The molecule has 0 radical (unpaired) electrons. The minimum Gasteiger partial charge on any atom is -0.506 e. The smallest absolute Gasteiger partial charge is 0.150 e. The Kier molecular flexibility index (Phi) is 2.38. The molecule has 0 amide bonds. The van der Waals surface area contributed by atoms with Crippen molar-refractivity contribution >= 4 is 17.2 Å². The SMILES string of the molecule is O=Cc1cccc2c1ccn2-c1ccccc1O. The minimum atomic E-state index is 0.214. The van der Waals surface area contributed by atoms with E-state index in [9.17, 15) is 9.90 Å². The van der Waals surface area contributed by atoms with Crippen molar-refractivity contribution in [2.75, 3.05) is 0 Å². The maximum absolute atomic E-state index is 11.0. The van der Waals surface area contributed by atoms with E-state index in [2.05, 4.69) is 0 Å². The summed E-state index contributed by atoms with van der Waals surface area (Å²) >= 11 is 0. The molecular formula is C15H11NO2. The van der Waals surface area contributed by atoms with E-state index in [-0.39, 0.29) is 5.75 Å². The van der Waals surface area contributed by atoms with Crippen LogP contribution in [-0.4, -0.2) is 16.0 Å². The Morgan fingerprint density at radius 1 is 1.00 bits per heavy atom. The first-order valence-electron chi connectivity index (χ1n) is 5.65. The molecule has 3 nitrogen and oxygen atoms in total. The van der Waals surface area contributed by atoms with E-state index in [0.717, 1.165) is 17.2 Å². The van der Waals surface area contributed by atoms with Crippen LogP contribution in [0.5, 0.6) is 5.75 Å². The van der Waals surface area contributed by atoms with Gasteiger partial charge < -0.3 is 9.67 Å². The number of phenolic OH excluding ortho intramolecular Hbond substituents is 1. The summed E-state index contributed by atoms with van der Waals surface area (Å²) in [6.45, 7) is 0. The highest BCUT2D eigenvalue weighted by molar-refractivity contribution is 5.97. The molecule has 3 heteroatoms. The van der Waals surface area contributed by atoms with Gasteiger partial charge in [-0.25, -0.2) is 0 Å². The summed E-state index contributed by atoms with van der Waals surface area (Å²) in [7, 11) is 0. The van der Waals surface area contributed by atoms with E-state index in [1.54, 1.807) is 18.2 Å². The monoisotopic (exact) mass is 237 g/mol. The van der Waals surface area contributed by atoms with Gasteiger partial charge in [-0.1, -0.05) is 24.3 Å². The molecule has 0 spiro atoms. The number of benzene rings is 2. The van der Waals surface area contributed by atoms with Gasteiger partial charge in [0.25, 0.3) is 0 Å². The van der Waals surface area contributed by atoms with Gasteiger partial charge in [0.1, 0.15) is 5.75 Å². The molecule has 1 heterocycles. The van der Waals surface area contributed by atoms with Crippen molar-refractivity contribution in [2.24, 2.45) is 0 Å². The van der Waals surface area contributed by atoms with E-state index in [4.69, 9.17) is 0 Å². The summed E-state index contributed by atoms with van der Waals surface area (Å²) in [6.07, 6.45) is 2.70. The van der Waals surface area contributed by atoms with Gasteiger partial charge in [-0.2, -0.15) is 0 Å². The topological polar surface area (TPSA) is 42.2 Å². The maximum Gasteiger partial charge on any atom is 0.150 e. The zero-order valence-electron chi connectivity index (χ0n) is 9.58. The molecular weight excluding hydrogens is 226 g/mol. The highest BCUT2D eigenvalue weighted by Crippen LogP contribution is 2.27. The van der Waals surface area contributed by atoms with Crippen molar-refractivity contribution in [1.82, 2.24) is 4.57 Å². The van der Waals surface area contributed by atoms with Crippen LogP contribution in [0, 0.1) is 0 Å². The fraction of sp³-hybridized carbons (Fsp3) is 0. The van der Waals surface area contributed by atoms with Gasteiger partial charge in [-0.15, -0.1) is 0 Å². The molecule has 0 unspecified atom stereocenters. The Balaban J connectivity index is 2.32. The highest BCUT2D eigenvalue weighted by Gasteiger charge is 2.08. The normalized spacial score (nSPS) is 10.7. The van der Waals surface area contributed by atoms with Crippen molar-refractivity contribution in [3.63, 3.8) is 0 Å². The first-order valence-corrected chi connectivity index (χ1v) is 5.65. The van der Waals surface area contributed by atoms with Gasteiger partial charge in [0.05, 0.1) is 11.2 Å². The summed E-state index contributed by atoms with van der Waals surface area (Å²) in [5.41, 5.74) is 2.26. The van der Waals surface area contributed by atoms with Crippen LogP contribution >= 0.6 is 0 Å². The largest absolute Gasteiger partial charge is 0.506 e. The average Bonchev–Trinajstić information content (AvgIpc) is 2.83. The standard InChI is InChI=1S/C15H11NO2/c17-10-11-4-3-6-13-12(11)8-9-16(13)14-5-1-2-7-15(14)18/h1-10,18H. The van der Waals surface area contributed by atoms with E-state index >= 15 is 0 Å². The van der Waals surface area contributed by atoms with Crippen LogP contribution < -0.4 is 0 Å². The molecule has 0 aliphatic carbocycles. The lowest BCUT2D eigenvalue weighted by molar-refractivity contribution is 0.112. The Hall–Kier alpha value is -2.55. The average molecular weight is 237 g/mol. The quantitative estimate of drug-likeness (QED) is 0.696. The van der Waals surface area contributed by atoms with Crippen LogP contribution in [0.25, 0.3) is 16.6 Å². The molecule has 0 bridgehead atoms. The molecule has 0 fully saturated rings. The predicted octanol–water partition coefficient (Wildman–Crippen LogP) is 3.15. The van der Waals surface area contributed by atoms with Gasteiger partial charge in [0, 0.05) is 17.1 Å². The Morgan fingerprint density at radius 2 is 1.83 bits per heavy atom. The molecule has 1 aromatic heterocycles. The molecule has 2 aromatic carbocycles. The fourth-order valence-electron chi connectivity index (χ4n) is 2.17. The lowest BCUT2D eigenvalue weighted by atomic mass is 10.1. The van der Waals surface area contributed by atoms with Crippen LogP contribution in [0.4, 0.5) is 0 Å². The zero-order chi connectivity index (χ0) is 12.5. The predicted molar refractivity (Wildman–Crippen MR) is 70.3 cm³/mol. The third-order valence-electron chi connectivity index (χ3n) is 3.03. The van der Waals surface area contributed by atoms with E-state index < -0.39 is 0 Å². The molecule has 18 heavy (non-hydrogen) atoms. The van der Waals surface area contributed by atoms with Gasteiger partial charge in [0.2, 0.25) is 0 Å². The number of aromatic nitrogens is 1. The zero-order valence-corrected chi connectivity index (χ0v) is 9.58. The summed E-state index contributed by atoms with van der Waals surface area (Å²) in [4.78, 5) is 11.0. The summed E-state index contributed by atoms with van der Waals surface area (Å²) in [5.74, 6) is 0.214. The Bertz CT molecular complexity index is 728. The van der Waals surface area contributed by atoms with E-state index in [1.807, 2.05) is 41.1 Å². The lowest BCUT2D eigenvalue weighted by Crippen LogP contribution is -1.92. The van der Waals surface area contributed by atoms with Crippen LogP contribution in [0.15, 0.2) is 54.7 Å². The van der Waals surface area contributed by atoms with Crippen molar-refractivity contribution in [3.05, 3.63) is 60.3 Å². The number of nitrogens with zero attached hydrogens (tertiary/aromatic N) is 1. The first-order chi connectivity index (χ1) is 8.81. The van der Waals surface area contributed by atoms with Crippen molar-refractivity contribution < 1.29 is 9.90 Å². The lowest BCUT2D eigenvalue weighted by Gasteiger charge is -2.07. The fourth-order valence-corrected chi connectivity index (χ4v) is 2.17. The molecule has 0 aliphatic heterocycles. The number of fused-ring (bicyclic) bond motifs is 1. The molecule has 0 atom stereocenters. The second-order valence-corrected chi connectivity index (χ2v) is 4.07. The van der Waals surface area contributed by atoms with Gasteiger partial charge in [-0.05, 0) is 24.3 Å². The van der Waals surface area contributed by atoms with Crippen LogP contribution in [-0.2, 0) is 0 Å². The summed E-state index contributed by atoms with van der Waals surface area (Å²) in [5, 5.41) is 10.8. The van der Waals surface area contributed by atoms with E-state index in [0.29, 0.717) is 11.3 Å². The van der Waals surface area contributed by atoms with Crippen LogP contribution in [0.2, 0.25) is 0 Å². The molecule has 3 aromatic rings. The number of para-hydroxylation sites is 2. The second-order valence-electron chi connectivity index (χ2n) is 4.07. The van der Waals surface area contributed by atoms with Gasteiger partial charge in [-0.3, -0.25) is 4.79 Å². The Morgan fingerprint density at radius 3 is 2.61 bits per heavy atom. The molecule has 0 aliphatic rings. The molecule has 1 N–H and O–H groups in total. The van der Waals surface area contributed by atoms with Crippen molar-refractivity contribution in [2.45, 2.75) is 0 Å². The third kappa shape index (κ3) is 1.49. The van der Waals surface area contributed by atoms with Gasteiger partial charge in [0.15, 0.2) is 6.29 Å². The first kappa shape index (κ1) is 10.6. The number of aldehydes is 1. The molecule has 88 valence electrons. The number of aromatic hydroxyl groups is 1. The van der Waals surface area contributed by atoms with Gasteiger partial charge >= 0.3 is 0 Å². The number of carbonyl (C=O) groups is 1. The number of rotatable bonds is 2. The van der Waals surface area contributed by atoms with E-state index in [1.165, 1.54) is 0 Å². The summed E-state index contributed by atoms with van der Waals surface area (Å²) in [6, 6.07) is 14.5. The van der Waals surface area contributed by atoms with Crippen LogP contribution in [0.1, 0.15) is 10.4 Å². The third-order valence-corrected chi connectivity index (χ3v) is 3.03. The molecule has 0 saturated carbocycles. The van der Waals surface area contributed by atoms with Crippen LogP contribution in [0.3, 0.4) is 0 Å². The number of phenols is 1. The highest BCUT2D eigenvalue weighted by atomic mass is 16.3. The van der Waals surface area contributed by atoms with Crippen molar-refractivity contribution in [1.29, 1.82) is 0 Å². The maximum atomic E-state index is 11.0. The Labute approximate surface area is 104 Å². The second kappa shape index (κ2) is 4.04. The number of carbonyl (C=O) groups excluding carboxylic acids is 1. The number of hydrogen-bond donors (Lipinski definition) is 1. The minimum absolute atomic E-state index is 0.214. The number of hydrogen-bond acceptors (Lipinski definition) is 2. The summed E-state index contributed by atoms with van der Waals surface area (Å²) < 4.78 is 1.87. The molecule has 0 saturated heterocycles. The molecule has 3 rings (SSSR count). The van der Waals surface area contributed by atoms with Crippen molar-refractivity contribution in [3.8, 4) is 11.4 Å².